The van der Waals surface area contributed by atoms with Crippen molar-refractivity contribution < 1.29 is 19.7 Å². The Bertz CT molecular complexity index is 1050. The van der Waals surface area contributed by atoms with Crippen LogP contribution in [-0.4, -0.2) is 35.6 Å². The molecular weight excluding hydrogens is 458 g/mol. The number of carbonyl (C=O) groups excluding carboxylic acids is 1. The molecule has 3 N–H and O–H groups in total. The number of benzene rings is 3. The molecule has 1 amide bonds. The SMILES string of the molecule is Cc1ccc(C(O)C(O)CNC(=O)OCC2c3ccccc3-c3ccccc32)c(Br)c1. The number of halogens is 1. The van der Waals surface area contributed by atoms with Gasteiger partial charge in [-0.05, 0) is 46.4 Å². The van der Waals surface area contributed by atoms with Gasteiger partial charge in [-0.2, -0.15) is 0 Å². The summed E-state index contributed by atoms with van der Waals surface area (Å²) in [7, 11) is 0. The number of hydrogen-bond acceptors (Lipinski definition) is 4. The molecule has 0 aliphatic heterocycles. The van der Waals surface area contributed by atoms with Crippen molar-refractivity contribution in [3.05, 3.63) is 93.5 Å². The first-order valence-electron chi connectivity index (χ1n) is 10.2. The van der Waals surface area contributed by atoms with Crippen LogP contribution in [0.25, 0.3) is 11.1 Å². The largest absolute Gasteiger partial charge is 0.449 e. The van der Waals surface area contributed by atoms with E-state index in [-0.39, 0.29) is 19.1 Å². The lowest BCUT2D eigenvalue weighted by atomic mass is 9.98. The highest BCUT2D eigenvalue weighted by Gasteiger charge is 2.29. The fourth-order valence-corrected chi connectivity index (χ4v) is 4.76. The van der Waals surface area contributed by atoms with E-state index in [9.17, 15) is 15.0 Å². The van der Waals surface area contributed by atoms with Crippen molar-refractivity contribution in [2.24, 2.45) is 0 Å². The zero-order valence-corrected chi connectivity index (χ0v) is 18.7. The molecule has 0 radical (unpaired) electrons. The van der Waals surface area contributed by atoms with Crippen LogP contribution in [0, 0.1) is 6.92 Å². The minimum absolute atomic E-state index is 0.0304. The minimum atomic E-state index is -1.17. The number of amides is 1. The zero-order valence-electron chi connectivity index (χ0n) is 17.1. The van der Waals surface area contributed by atoms with E-state index in [1.54, 1.807) is 6.07 Å². The Hall–Kier alpha value is -2.67. The van der Waals surface area contributed by atoms with Crippen LogP contribution < -0.4 is 5.32 Å². The molecule has 3 aromatic carbocycles. The molecule has 0 bridgehead atoms. The first kappa shape index (κ1) is 21.6. The van der Waals surface area contributed by atoms with Crippen LogP contribution in [0.15, 0.2) is 71.2 Å². The number of carbonyl (C=O) groups is 1. The average molecular weight is 482 g/mol. The van der Waals surface area contributed by atoms with Crippen molar-refractivity contribution in [2.45, 2.75) is 25.0 Å². The molecule has 160 valence electrons. The maximum absolute atomic E-state index is 12.3. The summed E-state index contributed by atoms with van der Waals surface area (Å²) in [5, 5.41) is 23.3. The van der Waals surface area contributed by atoms with Gasteiger partial charge in [0.1, 0.15) is 18.8 Å². The molecule has 0 fully saturated rings. The molecule has 5 nitrogen and oxygen atoms in total. The van der Waals surface area contributed by atoms with E-state index in [0.717, 1.165) is 27.8 Å². The van der Waals surface area contributed by atoms with E-state index in [2.05, 4.69) is 45.5 Å². The highest BCUT2D eigenvalue weighted by molar-refractivity contribution is 9.10. The quantitative estimate of drug-likeness (QED) is 0.477. The molecule has 6 heteroatoms. The maximum Gasteiger partial charge on any atom is 0.407 e. The Kier molecular flexibility index (Phi) is 6.41. The number of rotatable bonds is 6. The molecule has 31 heavy (non-hydrogen) atoms. The highest BCUT2D eigenvalue weighted by atomic mass is 79.9. The molecule has 3 aromatic rings. The average Bonchev–Trinajstić information content (AvgIpc) is 3.09. The summed E-state index contributed by atoms with van der Waals surface area (Å²) in [5.74, 6) is -0.0304. The number of aliphatic hydroxyl groups excluding tert-OH is 2. The number of nitrogens with one attached hydrogen (secondary N) is 1. The highest BCUT2D eigenvalue weighted by Crippen LogP contribution is 2.44. The van der Waals surface area contributed by atoms with Gasteiger partial charge in [0.15, 0.2) is 0 Å². The van der Waals surface area contributed by atoms with Gasteiger partial charge in [0.2, 0.25) is 0 Å². The van der Waals surface area contributed by atoms with Crippen LogP contribution >= 0.6 is 15.9 Å². The summed E-state index contributed by atoms with van der Waals surface area (Å²) >= 11 is 3.40. The second kappa shape index (κ2) is 9.22. The van der Waals surface area contributed by atoms with Crippen LogP contribution in [0.2, 0.25) is 0 Å². The van der Waals surface area contributed by atoms with Crippen molar-refractivity contribution in [3.63, 3.8) is 0 Å². The fourth-order valence-electron chi connectivity index (χ4n) is 4.03. The Balaban J connectivity index is 1.35. The number of hydrogen-bond donors (Lipinski definition) is 3. The summed E-state index contributed by atoms with van der Waals surface area (Å²) in [5.41, 5.74) is 6.19. The number of aryl methyl sites for hydroxylation is 1. The Labute approximate surface area is 189 Å². The summed E-state index contributed by atoms with van der Waals surface area (Å²) in [4.78, 5) is 12.3. The maximum atomic E-state index is 12.3. The molecule has 0 heterocycles. The molecular formula is C25H24BrNO4. The van der Waals surface area contributed by atoms with Gasteiger partial charge in [-0.1, -0.05) is 76.6 Å². The molecule has 0 spiro atoms. The molecule has 0 aromatic heterocycles. The normalized spacial score (nSPS) is 14.5. The topological polar surface area (TPSA) is 78.8 Å². The van der Waals surface area contributed by atoms with Gasteiger partial charge in [-0.25, -0.2) is 4.79 Å². The number of ether oxygens (including phenoxy) is 1. The van der Waals surface area contributed by atoms with Crippen molar-refractivity contribution in [2.75, 3.05) is 13.2 Å². The third kappa shape index (κ3) is 4.51. The van der Waals surface area contributed by atoms with Gasteiger partial charge in [0.25, 0.3) is 0 Å². The van der Waals surface area contributed by atoms with Crippen LogP contribution in [0.1, 0.15) is 34.3 Å². The van der Waals surface area contributed by atoms with E-state index in [4.69, 9.17) is 4.74 Å². The minimum Gasteiger partial charge on any atom is -0.449 e. The van der Waals surface area contributed by atoms with Gasteiger partial charge in [-0.15, -0.1) is 0 Å². The van der Waals surface area contributed by atoms with Crippen LogP contribution in [-0.2, 0) is 4.74 Å². The van der Waals surface area contributed by atoms with E-state index in [1.807, 2.05) is 43.3 Å². The van der Waals surface area contributed by atoms with Crippen molar-refractivity contribution in [1.29, 1.82) is 0 Å². The predicted molar refractivity (Wildman–Crippen MR) is 123 cm³/mol. The van der Waals surface area contributed by atoms with E-state index in [1.165, 1.54) is 0 Å². The van der Waals surface area contributed by atoms with Gasteiger partial charge in [-0.3, -0.25) is 0 Å². The number of aliphatic hydroxyl groups is 2. The van der Waals surface area contributed by atoms with Crippen molar-refractivity contribution >= 4 is 22.0 Å². The molecule has 2 atom stereocenters. The predicted octanol–water partition coefficient (Wildman–Crippen LogP) is 4.69. The van der Waals surface area contributed by atoms with Gasteiger partial charge >= 0.3 is 6.09 Å². The Morgan fingerprint density at radius 2 is 1.65 bits per heavy atom. The second-order valence-corrected chi connectivity index (χ2v) is 8.60. The van der Waals surface area contributed by atoms with Crippen molar-refractivity contribution in [3.8, 4) is 11.1 Å². The molecule has 1 aliphatic carbocycles. The third-order valence-electron chi connectivity index (χ3n) is 5.64. The van der Waals surface area contributed by atoms with Crippen LogP contribution in [0.4, 0.5) is 4.79 Å². The molecule has 0 saturated heterocycles. The molecule has 2 unspecified atom stereocenters. The van der Waals surface area contributed by atoms with Gasteiger partial charge in [0, 0.05) is 16.9 Å². The van der Waals surface area contributed by atoms with Crippen molar-refractivity contribution in [1.82, 2.24) is 5.32 Å². The lowest BCUT2D eigenvalue weighted by Crippen LogP contribution is -2.36. The standard InChI is InChI=1S/C25H24BrNO4/c1-15-10-11-20(22(26)12-15)24(29)23(28)13-27-25(30)31-14-21-18-8-4-2-6-16(18)17-7-3-5-9-19(17)21/h2-12,21,23-24,28-29H,13-14H2,1H3,(H,27,30). The number of fused-ring (bicyclic) bond motifs is 3. The first-order chi connectivity index (χ1) is 15.0. The lowest BCUT2D eigenvalue weighted by molar-refractivity contribution is 0.0181. The van der Waals surface area contributed by atoms with Gasteiger partial charge < -0.3 is 20.3 Å². The smallest absolute Gasteiger partial charge is 0.407 e. The summed E-state index contributed by atoms with van der Waals surface area (Å²) in [6.07, 6.45) is -2.93. The number of alkyl carbamates (subject to hydrolysis) is 1. The van der Waals surface area contributed by atoms with Crippen LogP contribution in [0.5, 0.6) is 0 Å². The molecule has 0 saturated carbocycles. The fraction of sp³-hybridized carbons (Fsp3) is 0.240. The first-order valence-corrected chi connectivity index (χ1v) is 11.0. The lowest BCUT2D eigenvalue weighted by Gasteiger charge is -2.20. The van der Waals surface area contributed by atoms with Crippen LogP contribution in [0.3, 0.4) is 0 Å². The Morgan fingerprint density at radius 1 is 1.03 bits per heavy atom. The summed E-state index contributed by atoms with van der Waals surface area (Å²) < 4.78 is 6.17. The monoisotopic (exact) mass is 481 g/mol. The third-order valence-corrected chi connectivity index (χ3v) is 6.33. The zero-order chi connectivity index (χ0) is 22.0. The molecule has 4 rings (SSSR count). The Morgan fingerprint density at radius 3 is 2.26 bits per heavy atom. The molecule has 1 aliphatic rings. The van der Waals surface area contributed by atoms with Gasteiger partial charge in [0.05, 0.1) is 0 Å². The van der Waals surface area contributed by atoms with E-state index < -0.39 is 18.3 Å². The van der Waals surface area contributed by atoms with E-state index >= 15 is 0 Å². The second-order valence-electron chi connectivity index (χ2n) is 7.74. The summed E-state index contributed by atoms with van der Waals surface area (Å²) in [6.45, 7) is 2.01. The van der Waals surface area contributed by atoms with E-state index in [0.29, 0.717) is 10.0 Å². The summed E-state index contributed by atoms with van der Waals surface area (Å²) in [6, 6.07) is 21.7.